The Balaban J connectivity index is 0.000000845. The van der Waals surface area contributed by atoms with E-state index in [9.17, 15) is 14.7 Å². The van der Waals surface area contributed by atoms with E-state index in [0.29, 0.717) is 12.8 Å². The van der Waals surface area contributed by atoms with E-state index in [2.05, 4.69) is 0 Å². The fourth-order valence-electron chi connectivity index (χ4n) is 1.69. The second-order valence-corrected chi connectivity index (χ2v) is 2.99. The number of rotatable bonds is 1. The van der Waals surface area contributed by atoms with Gasteiger partial charge in [-0.3, -0.25) is 4.79 Å². The van der Waals surface area contributed by atoms with Gasteiger partial charge in [0.05, 0.1) is 17.7 Å². The van der Waals surface area contributed by atoms with Crippen LogP contribution in [0.1, 0.15) is 12.8 Å². The van der Waals surface area contributed by atoms with Crippen LogP contribution in [0.5, 0.6) is 0 Å². The van der Waals surface area contributed by atoms with Crippen LogP contribution in [0.25, 0.3) is 0 Å². The molecule has 0 aromatic heterocycles. The first kappa shape index (κ1) is 10.6. The van der Waals surface area contributed by atoms with Crippen molar-refractivity contribution < 1.29 is 44.3 Å². The standard InChI is InChI=1S/C7H8N2O3.Na/c8-4-1-3-2-5(10)9(3)6(4)7(11)12;/h3H,1-2,8H2,(H,11,12);/q;+1/p-1/t3-;/m1./s1. The smallest absolute Gasteiger partial charge is 0.543 e. The van der Waals surface area contributed by atoms with Crippen LogP contribution in [0.4, 0.5) is 0 Å². The van der Waals surface area contributed by atoms with Crippen molar-refractivity contribution in [2.24, 2.45) is 5.73 Å². The van der Waals surface area contributed by atoms with Gasteiger partial charge in [0.25, 0.3) is 0 Å². The largest absolute Gasteiger partial charge is 1.00 e. The molecule has 2 heterocycles. The number of carbonyl (C=O) groups excluding carboxylic acids is 2. The van der Waals surface area contributed by atoms with E-state index in [0.717, 1.165) is 0 Å². The second kappa shape index (κ2) is 3.32. The predicted molar refractivity (Wildman–Crippen MR) is 36.1 cm³/mol. The zero-order chi connectivity index (χ0) is 8.88. The number of fused-ring (bicyclic) bond motifs is 1. The minimum Gasteiger partial charge on any atom is -0.543 e. The van der Waals surface area contributed by atoms with Gasteiger partial charge in [-0.25, -0.2) is 0 Å². The Morgan fingerprint density at radius 3 is 2.54 bits per heavy atom. The molecule has 2 aliphatic heterocycles. The number of nitrogens with zero attached hydrogens (tertiary/aromatic N) is 1. The molecule has 64 valence electrons. The molecule has 0 bridgehead atoms. The molecule has 5 nitrogen and oxygen atoms in total. The molecular formula is C7H7N2NaO3. The Labute approximate surface area is 96.9 Å². The van der Waals surface area contributed by atoms with E-state index in [-0.39, 0.29) is 52.9 Å². The van der Waals surface area contributed by atoms with Gasteiger partial charge in [0.15, 0.2) is 0 Å². The number of hydrogen-bond acceptors (Lipinski definition) is 4. The number of carboxylic acid groups (broad SMARTS) is 1. The topological polar surface area (TPSA) is 86.5 Å². The number of nitrogens with two attached hydrogens (primary N) is 1. The van der Waals surface area contributed by atoms with Gasteiger partial charge >= 0.3 is 29.6 Å². The van der Waals surface area contributed by atoms with Crippen LogP contribution in [0.15, 0.2) is 11.4 Å². The number of hydrogen-bond donors (Lipinski definition) is 1. The van der Waals surface area contributed by atoms with Gasteiger partial charge < -0.3 is 20.5 Å². The summed E-state index contributed by atoms with van der Waals surface area (Å²) in [5, 5.41) is 10.5. The SMILES string of the molecule is NC1=C(C(=O)[O-])N2C(=O)C[C@H]2C1.[Na+]. The number of aliphatic carboxylic acids is 1. The molecule has 2 N–H and O–H groups in total. The summed E-state index contributed by atoms with van der Waals surface area (Å²) in [6.07, 6.45) is 0.868. The zero-order valence-electron chi connectivity index (χ0n) is 7.24. The van der Waals surface area contributed by atoms with E-state index in [1.807, 2.05) is 0 Å². The average molecular weight is 190 g/mol. The van der Waals surface area contributed by atoms with E-state index in [1.165, 1.54) is 4.90 Å². The molecule has 1 fully saturated rings. The van der Waals surface area contributed by atoms with Crippen molar-refractivity contribution in [3.63, 3.8) is 0 Å². The summed E-state index contributed by atoms with van der Waals surface area (Å²) in [6.45, 7) is 0. The Morgan fingerprint density at radius 2 is 2.15 bits per heavy atom. The maximum Gasteiger partial charge on any atom is 1.00 e. The van der Waals surface area contributed by atoms with Crippen molar-refractivity contribution in [2.45, 2.75) is 18.9 Å². The summed E-state index contributed by atoms with van der Waals surface area (Å²) in [5.41, 5.74) is 5.55. The molecule has 1 atom stereocenters. The first-order chi connectivity index (χ1) is 5.61. The molecule has 0 unspecified atom stereocenters. The van der Waals surface area contributed by atoms with Crippen molar-refractivity contribution in [2.75, 3.05) is 0 Å². The zero-order valence-corrected chi connectivity index (χ0v) is 9.24. The Morgan fingerprint density at radius 1 is 1.54 bits per heavy atom. The molecule has 0 radical (unpaired) electrons. The molecule has 1 amide bonds. The van der Waals surface area contributed by atoms with Crippen LogP contribution < -0.4 is 40.4 Å². The first-order valence-electron chi connectivity index (χ1n) is 3.63. The van der Waals surface area contributed by atoms with E-state index in [4.69, 9.17) is 5.73 Å². The Kier molecular flexibility index (Phi) is 2.70. The van der Waals surface area contributed by atoms with Gasteiger partial charge in [0.1, 0.15) is 0 Å². The second-order valence-electron chi connectivity index (χ2n) is 2.99. The summed E-state index contributed by atoms with van der Waals surface area (Å²) in [7, 11) is 0. The van der Waals surface area contributed by atoms with Gasteiger partial charge in [-0.2, -0.15) is 0 Å². The van der Waals surface area contributed by atoms with Crippen LogP contribution >= 0.6 is 0 Å². The molecule has 2 aliphatic rings. The van der Waals surface area contributed by atoms with Gasteiger partial charge in [-0.1, -0.05) is 0 Å². The molecule has 0 saturated carbocycles. The molecule has 0 spiro atoms. The average Bonchev–Trinajstić information content (AvgIpc) is 2.22. The van der Waals surface area contributed by atoms with Gasteiger partial charge in [-0.15, -0.1) is 0 Å². The van der Waals surface area contributed by atoms with E-state index in [1.54, 1.807) is 0 Å². The quantitative estimate of drug-likeness (QED) is 0.331. The van der Waals surface area contributed by atoms with Crippen molar-refractivity contribution in [3.8, 4) is 0 Å². The van der Waals surface area contributed by atoms with E-state index >= 15 is 0 Å². The van der Waals surface area contributed by atoms with E-state index < -0.39 is 5.97 Å². The van der Waals surface area contributed by atoms with Crippen molar-refractivity contribution in [1.82, 2.24) is 4.90 Å². The first-order valence-corrected chi connectivity index (χ1v) is 3.63. The van der Waals surface area contributed by atoms with Gasteiger partial charge in [-0.05, 0) is 0 Å². The summed E-state index contributed by atoms with van der Waals surface area (Å²) in [6, 6.07) is -0.0228. The summed E-state index contributed by atoms with van der Waals surface area (Å²) in [4.78, 5) is 22.6. The third kappa shape index (κ3) is 1.37. The molecule has 0 aromatic rings. The number of amides is 1. The maximum absolute atomic E-state index is 10.9. The summed E-state index contributed by atoms with van der Waals surface area (Å²) >= 11 is 0. The minimum absolute atomic E-state index is 0. The summed E-state index contributed by atoms with van der Waals surface area (Å²) in [5.74, 6) is -1.54. The number of β-lactam (4-membered cyclic amide) rings is 1. The molecular weight excluding hydrogens is 183 g/mol. The molecule has 6 heteroatoms. The third-order valence-corrected chi connectivity index (χ3v) is 2.24. The van der Waals surface area contributed by atoms with Crippen LogP contribution in [0.2, 0.25) is 0 Å². The monoisotopic (exact) mass is 190 g/mol. The molecule has 13 heavy (non-hydrogen) atoms. The summed E-state index contributed by atoms with van der Waals surface area (Å²) < 4.78 is 0. The fraction of sp³-hybridized carbons (Fsp3) is 0.429. The maximum atomic E-state index is 10.9. The van der Waals surface area contributed by atoms with Gasteiger partial charge in [0.2, 0.25) is 5.91 Å². The predicted octanol–water partition coefficient (Wildman–Crippen LogP) is -5.08. The van der Waals surface area contributed by atoms with Crippen LogP contribution in [0.3, 0.4) is 0 Å². The molecule has 2 rings (SSSR count). The normalized spacial score (nSPS) is 25.1. The van der Waals surface area contributed by atoms with Crippen molar-refractivity contribution >= 4 is 11.9 Å². The van der Waals surface area contributed by atoms with Crippen molar-refractivity contribution in [1.29, 1.82) is 0 Å². The molecule has 0 aromatic carbocycles. The number of carboxylic acids is 1. The minimum atomic E-state index is -1.36. The molecule has 1 saturated heterocycles. The van der Waals surface area contributed by atoms with Crippen molar-refractivity contribution in [3.05, 3.63) is 11.4 Å². The Hall–Kier alpha value is -0.520. The number of carbonyl (C=O) groups is 2. The fourth-order valence-corrected chi connectivity index (χ4v) is 1.69. The third-order valence-electron chi connectivity index (χ3n) is 2.24. The molecule has 0 aliphatic carbocycles. The van der Waals surface area contributed by atoms with Gasteiger partial charge in [0, 0.05) is 18.5 Å². The van der Waals surface area contributed by atoms with Crippen LogP contribution in [-0.2, 0) is 9.59 Å². The Bertz CT molecular complexity index is 313. The van der Waals surface area contributed by atoms with Crippen LogP contribution in [0, 0.1) is 0 Å². The van der Waals surface area contributed by atoms with Crippen LogP contribution in [-0.4, -0.2) is 22.8 Å².